The van der Waals surface area contributed by atoms with Crippen molar-refractivity contribution in [3.05, 3.63) is 84.4 Å². The lowest BCUT2D eigenvalue weighted by Gasteiger charge is -2.33. The van der Waals surface area contributed by atoms with Crippen LogP contribution in [-0.2, 0) is 14.8 Å². The number of hydrogen-bond acceptors (Lipinski definition) is 4. The molecule has 1 amide bonds. The Balaban J connectivity index is 1.46. The third-order valence-electron chi connectivity index (χ3n) is 6.03. The molecule has 0 spiro atoms. The van der Waals surface area contributed by atoms with Gasteiger partial charge in [-0.15, -0.1) is 0 Å². The predicted octanol–water partition coefficient (Wildman–Crippen LogP) is 5.75. The molecule has 178 valence electrons. The Labute approximate surface area is 201 Å². The molecule has 0 aromatic heterocycles. The zero-order valence-corrected chi connectivity index (χ0v) is 20.1. The van der Waals surface area contributed by atoms with Crippen molar-refractivity contribution in [2.75, 3.05) is 11.9 Å². The van der Waals surface area contributed by atoms with E-state index in [1.54, 1.807) is 48.5 Å². The van der Waals surface area contributed by atoms with Gasteiger partial charge in [-0.1, -0.05) is 55.2 Å². The Hall–Kier alpha value is -3.16. The lowest BCUT2D eigenvalue weighted by Crippen LogP contribution is -2.45. The number of para-hydroxylation sites is 1. The van der Waals surface area contributed by atoms with Crippen LogP contribution in [0.2, 0.25) is 0 Å². The number of amides is 1. The molecule has 4 rings (SSSR count). The maximum atomic E-state index is 13.5. The lowest BCUT2D eigenvalue weighted by atomic mass is 9.95. The summed E-state index contributed by atoms with van der Waals surface area (Å²) in [4.78, 5) is 13.1. The molecule has 0 aliphatic heterocycles. The van der Waals surface area contributed by atoms with Crippen molar-refractivity contribution in [2.45, 2.75) is 50.0 Å². The largest absolute Gasteiger partial charge is 0.457 e. The van der Waals surface area contributed by atoms with Crippen LogP contribution in [0.3, 0.4) is 0 Å². The van der Waals surface area contributed by atoms with Crippen LogP contribution in [0.4, 0.5) is 5.69 Å². The van der Waals surface area contributed by atoms with Crippen molar-refractivity contribution >= 4 is 21.6 Å². The van der Waals surface area contributed by atoms with Crippen LogP contribution >= 0.6 is 0 Å². The molecular formula is C27H30N2O4S. The fourth-order valence-electron chi connectivity index (χ4n) is 4.20. The molecule has 6 nitrogen and oxygen atoms in total. The van der Waals surface area contributed by atoms with Crippen LogP contribution in [0.25, 0.3) is 0 Å². The zero-order valence-electron chi connectivity index (χ0n) is 19.3. The fraction of sp³-hybridized carbons (Fsp3) is 0.296. The maximum absolute atomic E-state index is 13.5. The molecule has 1 aliphatic rings. The molecule has 1 N–H and O–H groups in total. The number of ether oxygens (including phenoxy) is 1. The standard InChI is InChI=1S/C27H30N2O4S/c1-21-12-18-26(19-13-21)34(31,32)29(23-8-4-2-5-9-23)20-27(30)28-22-14-16-25(17-15-22)33-24-10-6-3-7-11-24/h3,6-7,10-19,23H,2,4-5,8-9,20H2,1H3,(H,28,30). The Bertz CT molecular complexity index is 1190. The zero-order chi connectivity index (χ0) is 24.0. The molecule has 3 aromatic rings. The molecule has 0 unspecified atom stereocenters. The summed E-state index contributed by atoms with van der Waals surface area (Å²) in [5.74, 6) is 1.01. The average Bonchev–Trinajstić information content (AvgIpc) is 2.85. The first-order valence-electron chi connectivity index (χ1n) is 11.6. The number of hydrogen-bond donors (Lipinski definition) is 1. The first-order chi connectivity index (χ1) is 16.4. The topological polar surface area (TPSA) is 75.7 Å². The highest BCUT2D eigenvalue weighted by molar-refractivity contribution is 7.89. The van der Waals surface area contributed by atoms with E-state index in [9.17, 15) is 13.2 Å². The van der Waals surface area contributed by atoms with Gasteiger partial charge >= 0.3 is 0 Å². The van der Waals surface area contributed by atoms with Gasteiger partial charge in [0, 0.05) is 11.7 Å². The van der Waals surface area contributed by atoms with Crippen LogP contribution in [0.5, 0.6) is 11.5 Å². The maximum Gasteiger partial charge on any atom is 0.243 e. The molecule has 1 fully saturated rings. The normalized spacial score (nSPS) is 14.6. The summed E-state index contributed by atoms with van der Waals surface area (Å²) in [5.41, 5.74) is 1.57. The highest BCUT2D eigenvalue weighted by Crippen LogP contribution is 2.28. The van der Waals surface area contributed by atoms with E-state index in [2.05, 4.69) is 5.32 Å². The molecule has 0 saturated heterocycles. The van der Waals surface area contributed by atoms with E-state index >= 15 is 0 Å². The van der Waals surface area contributed by atoms with E-state index < -0.39 is 10.0 Å². The SMILES string of the molecule is Cc1ccc(S(=O)(=O)N(CC(=O)Nc2ccc(Oc3ccccc3)cc2)C2CCCCC2)cc1. The summed E-state index contributed by atoms with van der Waals surface area (Å²) < 4.78 is 34.1. The average molecular weight is 479 g/mol. The summed E-state index contributed by atoms with van der Waals surface area (Å²) in [7, 11) is -3.79. The number of carbonyl (C=O) groups is 1. The number of aryl methyl sites for hydroxylation is 1. The van der Waals surface area contributed by atoms with Gasteiger partial charge in [-0.05, 0) is 68.3 Å². The Morgan fingerprint density at radius 1 is 0.882 bits per heavy atom. The van der Waals surface area contributed by atoms with Gasteiger partial charge in [-0.2, -0.15) is 4.31 Å². The highest BCUT2D eigenvalue weighted by Gasteiger charge is 2.34. The van der Waals surface area contributed by atoms with Crippen LogP contribution in [0, 0.1) is 6.92 Å². The minimum absolute atomic E-state index is 0.174. The Kier molecular flexibility index (Phi) is 7.65. The second-order valence-corrected chi connectivity index (χ2v) is 10.5. The van der Waals surface area contributed by atoms with Crippen molar-refractivity contribution in [3.63, 3.8) is 0 Å². The number of nitrogens with one attached hydrogen (secondary N) is 1. The summed E-state index contributed by atoms with van der Waals surface area (Å²) >= 11 is 0. The lowest BCUT2D eigenvalue weighted by molar-refractivity contribution is -0.116. The first kappa shape index (κ1) is 24.0. The smallest absolute Gasteiger partial charge is 0.243 e. The number of rotatable bonds is 8. The van der Waals surface area contributed by atoms with Crippen LogP contribution in [-0.4, -0.2) is 31.2 Å². The van der Waals surface area contributed by atoms with Gasteiger partial charge in [0.1, 0.15) is 11.5 Å². The summed E-state index contributed by atoms with van der Waals surface area (Å²) in [6.45, 7) is 1.70. The number of anilines is 1. The highest BCUT2D eigenvalue weighted by atomic mass is 32.2. The van der Waals surface area contributed by atoms with Crippen LogP contribution in [0.15, 0.2) is 83.8 Å². The van der Waals surface area contributed by atoms with Crippen LogP contribution in [0.1, 0.15) is 37.7 Å². The van der Waals surface area contributed by atoms with E-state index in [0.29, 0.717) is 11.4 Å². The summed E-state index contributed by atoms with van der Waals surface area (Å²) in [5, 5.41) is 2.83. The molecule has 3 aromatic carbocycles. The van der Waals surface area contributed by atoms with E-state index in [-0.39, 0.29) is 23.4 Å². The van der Waals surface area contributed by atoms with Gasteiger partial charge in [-0.3, -0.25) is 4.79 Å². The summed E-state index contributed by atoms with van der Waals surface area (Å²) in [6, 6.07) is 23.1. The van der Waals surface area contributed by atoms with Gasteiger partial charge in [0.2, 0.25) is 15.9 Å². The van der Waals surface area contributed by atoms with E-state index in [4.69, 9.17) is 4.74 Å². The van der Waals surface area contributed by atoms with Gasteiger partial charge in [0.15, 0.2) is 0 Å². The van der Waals surface area contributed by atoms with Crippen molar-refractivity contribution in [1.82, 2.24) is 4.31 Å². The molecular weight excluding hydrogens is 448 g/mol. The molecule has 34 heavy (non-hydrogen) atoms. The van der Waals surface area contributed by atoms with Crippen molar-refractivity contribution in [1.29, 1.82) is 0 Å². The number of benzene rings is 3. The van der Waals surface area contributed by atoms with E-state index in [0.717, 1.165) is 43.4 Å². The van der Waals surface area contributed by atoms with Crippen molar-refractivity contribution in [3.8, 4) is 11.5 Å². The second-order valence-electron chi connectivity index (χ2n) is 8.64. The molecule has 0 atom stereocenters. The molecule has 1 aliphatic carbocycles. The number of sulfonamides is 1. The second kappa shape index (κ2) is 10.8. The fourth-order valence-corrected chi connectivity index (χ4v) is 5.84. The Morgan fingerprint density at radius 3 is 2.15 bits per heavy atom. The monoisotopic (exact) mass is 478 g/mol. The van der Waals surface area contributed by atoms with Gasteiger partial charge in [0.25, 0.3) is 0 Å². The third kappa shape index (κ3) is 6.04. The van der Waals surface area contributed by atoms with E-state index in [1.165, 1.54) is 4.31 Å². The first-order valence-corrected chi connectivity index (χ1v) is 13.1. The molecule has 0 heterocycles. The van der Waals surface area contributed by atoms with E-state index in [1.807, 2.05) is 37.3 Å². The van der Waals surface area contributed by atoms with Gasteiger partial charge in [-0.25, -0.2) is 8.42 Å². The minimum Gasteiger partial charge on any atom is -0.457 e. The number of nitrogens with zero attached hydrogens (tertiary/aromatic N) is 1. The van der Waals surface area contributed by atoms with Crippen molar-refractivity contribution in [2.24, 2.45) is 0 Å². The molecule has 7 heteroatoms. The Morgan fingerprint density at radius 2 is 1.50 bits per heavy atom. The molecule has 0 radical (unpaired) electrons. The van der Waals surface area contributed by atoms with Gasteiger partial charge < -0.3 is 10.1 Å². The minimum atomic E-state index is -3.79. The van der Waals surface area contributed by atoms with Crippen molar-refractivity contribution < 1.29 is 17.9 Å². The molecule has 0 bridgehead atoms. The number of carbonyl (C=O) groups excluding carboxylic acids is 1. The predicted molar refractivity (Wildman–Crippen MR) is 134 cm³/mol. The van der Waals surface area contributed by atoms with Crippen LogP contribution < -0.4 is 10.1 Å². The van der Waals surface area contributed by atoms with Gasteiger partial charge in [0.05, 0.1) is 11.4 Å². The quantitative estimate of drug-likeness (QED) is 0.447. The summed E-state index contributed by atoms with van der Waals surface area (Å²) in [6.07, 6.45) is 4.57. The third-order valence-corrected chi connectivity index (χ3v) is 7.94. The molecule has 1 saturated carbocycles.